The Hall–Kier alpha value is -1.53. The van der Waals surface area contributed by atoms with Gasteiger partial charge in [0, 0.05) is 11.4 Å². The third kappa shape index (κ3) is 4.86. The first kappa shape index (κ1) is 16.5. The highest BCUT2D eigenvalue weighted by atomic mass is 32.2. The highest BCUT2D eigenvalue weighted by Crippen LogP contribution is 2.21. The van der Waals surface area contributed by atoms with Gasteiger partial charge in [0.05, 0.1) is 5.75 Å². The van der Waals surface area contributed by atoms with Crippen molar-refractivity contribution >= 4 is 29.3 Å². The molecule has 1 atom stereocenters. The normalized spacial score (nSPS) is 11.9. The SMILES string of the molecule is CCc1cccc(C)c1NC(=O)CSC[C@H](N)C(=O)O. The van der Waals surface area contributed by atoms with Gasteiger partial charge in [0.25, 0.3) is 0 Å². The highest BCUT2D eigenvalue weighted by molar-refractivity contribution is 8.00. The maximum Gasteiger partial charge on any atom is 0.321 e. The van der Waals surface area contributed by atoms with Crippen LogP contribution in [0.15, 0.2) is 18.2 Å². The number of amides is 1. The van der Waals surface area contributed by atoms with Crippen molar-refractivity contribution in [1.82, 2.24) is 0 Å². The minimum Gasteiger partial charge on any atom is -0.480 e. The van der Waals surface area contributed by atoms with Gasteiger partial charge in [0.2, 0.25) is 5.91 Å². The van der Waals surface area contributed by atoms with E-state index in [-0.39, 0.29) is 17.4 Å². The zero-order valence-corrected chi connectivity index (χ0v) is 12.5. The molecule has 0 bridgehead atoms. The van der Waals surface area contributed by atoms with E-state index in [9.17, 15) is 9.59 Å². The fourth-order valence-corrected chi connectivity index (χ4v) is 2.50. The van der Waals surface area contributed by atoms with E-state index in [0.29, 0.717) is 0 Å². The summed E-state index contributed by atoms with van der Waals surface area (Å²) >= 11 is 1.22. The van der Waals surface area contributed by atoms with E-state index < -0.39 is 12.0 Å². The number of thioether (sulfide) groups is 1. The zero-order chi connectivity index (χ0) is 15.1. The van der Waals surface area contributed by atoms with Crippen LogP contribution in [0.3, 0.4) is 0 Å². The highest BCUT2D eigenvalue weighted by Gasteiger charge is 2.13. The Morgan fingerprint density at radius 3 is 2.75 bits per heavy atom. The molecule has 1 aromatic carbocycles. The fourth-order valence-electron chi connectivity index (χ4n) is 1.73. The van der Waals surface area contributed by atoms with E-state index in [4.69, 9.17) is 10.8 Å². The van der Waals surface area contributed by atoms with Crippen molar-refractivity contribution < 1.29 is 14.7 Å². The van der Waals surface area contributed by atoms with Crippen LogP contribution in [0.1, 0.15) is 18.1 Å². The number of carboxylic acid groups (broad SMARTS) is 1. The smallest absolute Gasteiger partial charge is 0.321 e. The molecule has 0 unspecified atom stereocenters. The Kier molecular flexibility index (Phi) is 6.54. The molecule has 1 amide bonds. The molecule has 1 rings (SSSR count). The Labute approximate surface area is 122 Å². The number of benzene rings is 1. The summed E-state index contributed by atoms with van der Waals surface area (Å²) in [5.41, 5.74) is 8.33. The molecule has 6 heteroatoms. The van der Waals surface area contributed by atoms with Gasteiger partial charge in [-0.25, -0.2) is 0 Å². The van der Waals surface area contributed by atoms with Crippen LogP contribution in [0.4, 0.5) is 5.69 Å². The van der Waals surface area contributed by atoms with Crippen LogP contribution in [0, 0.1) is 6.92 Å². The van der Waals surface area contributed by atoms with Crippen LogP contribution in [0.25, 0.3) is 0 Å². The minimum atomic E-state index is -1.05. The summed E-state index contributed by atoms with van der Waals surface area (Å²) in [6, 6.07) is 4.96. The summed E-state index contributed by atoms with van der Waals surface area (Å²) in [4.78, 5) is 22.4. The Balaban J connectivity index is 2.53. The number of carbonyl (C=O) groups excluding carboxylic acids is 1. The van der Waals surface area contributed by atoms with Crippen molar-refractivity contribution in [2.75, 3.05) is 16.8 Å². The number of carbonyl (C=O) groups is 2. The molecule has 1 aromatic rings. The number of nitrogens with two attached hydrogens (primary N) is 1. The molecule has 0 aromatic heterocycles. The van der Waals surface area contributed by atoms with Crippen LogP contribution >= 0.6 is 11.8 Å². The molecule has 0 saturated carbocycles. The van der Waals surface area contributed by atoms with Crippen LogP contribution in [0.5, 0.6) is 0 Å². The Bertz CT molecular complexity index is 491. The third-order valence-corrected chi connectivity index (χ3v) is 3.91. The number of aliphatic carboxylic acids is 1. The lowest BCUT2D eigenvalue weighted by Crippen LogP contribution is -2.33. The number of para-hydroxylation sites is 1. The van der Waals surface area contributed by atoms with Gasteiger partial charge in [-0.05, 0) is 24.5 Å². The molecule has 0 aliphatic rings. The Morgan fingerprint density at radius 2 is 2.15 bits per heavy atom. The summed E-state index contributed by atoms with van der Waals surface area (Å²) in [6.45, 7) is 3.98. The van der Waals surface area contributed by atoms with Crippen LogP contribution < -0.4 is 11.1 Å². The second-order valence-electron chi connectivity index (χ2n) is 4.47. The van der Waals surface area contributed by atoms with Gasteiger partial charge in [-0.2, -0.15) is 0 Å². The number of carboxylic acids is 1. The molecule has 110 valence electrons. The van der Waals surface area contributed by atoms with Crippen molar-refractivity contribution in [3.8, 4) is 0 Å². The third-order valence-electron chi connectivity index (χ3n) is 2.85. The van der Waals surface area contributed by atoms with Crippen molar-refractivity contribution in [3.05, 3.63) is 29.3 Å². The predicted octanol–water partition coefficient (Wildman–Crippen LogP) is 1.64. The first-order chi connectivity index (χ1) is 9.45. The van der Waals surface area contributed by atoms with Gasteiger partial charge in [-0.3, -0.25) is 9.59 Å². The van der Waals surface area contributed by atoms with E-state index in [2.05, 4.69) is 5.32 Å². The second-order valence-corrected chi connectivity index (χ2v) is 5.50. The second kappa shape index (κ2) is 7.91. The van der Waals surface area contributed by atoms with E-state index in [0.717, 1.165) is 23.2 Å². The van der Waals surface area contributed by atoms with Gasteiger partial charge in [0.15, 0.2) is 0 Å². The monoisotopic (exact) mass is 296 g/mol. The quantitative estimate of drug-likeness (QED) is 0.711. The van der Waals surface area contributed by atoms with Crippen molar-refractivity contribution in [2.45, 2.75) is 26.3 Å². The summed E-state index contributed by atoms with van der Waals surface area (Å²) in [5, 5.41) is 11.5. The number of aryl methyl sites for hydroxylation is 2. The average molecular weight is 296 g/mol. The lowest BCUT2D eigenvalue weighted by atomic mass is 10.1. The van der Waals surface area contributed by atoms with E-state index in [1.165, 1.54) is 11.8 Å². The molecule has 0 aliphatic carbocycles. The molecule has 5 nitrogen and oxygen atoms in total. The number of nitrogens with one attached hydrogen (secondary N) is 1. The lowest BCUT2D eigenvalue weighted by molar-refractivity contribution is -0.137. The summed E-state index contributed by atoms with van der Waals surface area (Å²) in [7, 11) is 0. The van der Waals surface area contributed by atoms with E-state index >= 15 is 0 Å². The summed E-state index contributed by atoms with van der Waals surface area (Å²) in [5.74, 6) is -0.781. The Morgan fingerprint density at radius 1 is 1.45 bits per heavy atom. The maximum atomic E-state index is 11.9. The van der Waals surface area contributed by atoms with Gasteiger partial charge in [-0.15, -0.1) is 11.8 Å². The molecule has 0 fully saturated rings. The number of hydrogen-bond donors (Lipinski definition) is 3. The topological polar surface area (TPSA) is 92.4 Å². The van der Waals surface area contributed by atoms with E-state index in [1.54, 1.807) is 0 Å². The number of rotatable bonds is 7. The van der Waals surface area contributed by atoms with Gasteiger partial charge in [0.1, 0.15) is 6.04 Å². The summed E-state index contributed by atoms with van der Waals surface area (Å²) in [6.07, 6.45) is 0.842. The number of hydrogen-bond acceptors (Lipinski definition) is 4. The van der Waals surface area contributed by atoms with Crippen LogP contribution in [-0.4, -0.2) is 34.5 Å². The molecular formula is C14H20N2O3S. The molecule has 0 saturated heterocycles. The van der Waals surface area contributed by atoms with Crippen molar-refractivity contribution in [2.24, 2.45) is 5.73 Å². The van der Waals surface area contributed by atoms with Crippen molar-refractivity contribution in [1.29, 1.82) is 0 Å². The fraction of sp³-hybridized carbons (Fsp3) is 0.429. The first-order valence-electron chi connectivity index (χ1n) is 6.40. The molecular weight excluding hydrogens is 276 g/mol. The first-order valence-corrected chi connectivity index (χ1v) is 7.55. The summed E-state index contributed by atoms with van der Waals surface area (Å²) < 4.78 is 0. The largest absolute Gasteiger partial charge is 0.480 e. The maximum absolute atomic E-state index is 11.9. The van der Waals surface area contributed by atoms with Gasteiger partial charge in [-0.1, -0.05) is 25.1 Å². The lowest BCUT2D eigenvalue weighted by Gasteiger charge is -2.13. The van der Waals surface area contributed by atoms with Gasteiger partial charge >= 0.3 is 5.97 Å². The van der Waals surface area contributed by atoms with Crippen molar-refractivity contribution in [3.63, 3.8) is 0 Å². The predicted molar refractivity (Wildman–Crippen MR) is 82.1 cm³/mol. The molecule has 0 aliphatic heterocycles. The molecule has 0 heterocycles. The minimum absolute atomic E-state index is 0.142. The van der Waals surface area contributed by atoms with E-state index in [1.807, 2.05) is 32.0 Å². The molecule has 0 radical (unpaired) electrons. The number of anilines is 1. The molecule has 0 spiro atoms. The van der Waals surface area contributed by atoms with Crippen LogP contribution in [-0.2, 0) is 16.0 Å². The average Bonchev–Trinajstić information content (AvgIpc) is 2.40. The molecule has 4 N–H and O–H groups in total. The van der Waals surface area contributed by atoms with Crippen LogP contribution in [0.2, 0.25) is 0 Å². The van der Waals surface area contributed by atoms with Gasteiger partial charge < -0.3 is 16.2 Å². The standard InChI is InChI=1S/C14H20N2O3S/c1-3-10-6-4-5-9(2)13(10)16-12(17)8-20-7-11(15)14(18)19/h4-6,11H,3,7-8,15H2,1-2H3,(H,16,17)(H,18,19)/t11-/m0/s1. The molecule has 20 heavy (non-hydrogen) atoms. The zero-order valence-electron chi connectivity index (χ0n) is 11.7.